The number of hydrogen-bond acceptors (Lipinski definition) is 5. The predicted octanol–water partition coefficient (Wildman–Crippen LogP) is 1.57. The number of hydrogen-bond donors (Lipinski definition) is 3. The fourth-order valence-electron chi connectivity index (χ4n) is 2.11. The second kappa shape index (κ2) is 7.83. The first-order valence-electron chi connectivity index (χ1n) is 7.12. The smallest absolute Gasteiger partial charge is 0.240 e. The van der Waals surface area contributed by atoms with Gasteiger partial charge in [0.05, 0.1) is 18.0 Å². The Labute approximate surface area is 155 Å². The van der Waals surface area contributed by atoms with Crippen LogP contribution in [-0.2, 0) is 33.1 Å². The molecule has 2 aromatic rings. The number of sulfonamides is 2. The number of aliphatic hydroxyl groups is 1. The highest BCUT2D eigenvalue weighted by molar-refractivity contribution is 9.10. The van der Waals surface area contributed by atoms with Crippen molar-refractivity contribution in [3.05, 3.63) is 58.1 Å². The highest BCUT2D eigenvalue weighted by Gasteiger charge is 2.19. The average molecular weight is 449 g/mol. The molecule has 136 valence electrons. The van der Waals surface area contributed by atoms with E-state index >= 15 is 0 Å². The maximum atomic E-state index is 12.3. The van der Waals surface area contributed by atoms with Crippen LogP contribution in [0.4, 0.5) is 5.69 Å². The molecule has 7 nitrogen and oxygen atoms in total. The minimum absolute atomic E-state index is 0.143. The van der Waals surface area contributed by atoms with E-state index in [1.807, 2.05) is 12.1 Å². The zero-order valence-electron chi connectivity index (χ0n) is 13.0. The fourth-order valence-corrected chi connectivity index (χ4v) is 4.30. The Hall–Kier alpha value is -1.46. The van der Waals surface area contributed by atoms with Crippen LogP contribution < -0.4 is 9.86 Å². The van der Waals surface area contributed by atoms with Gasteiger partial charge < -0.3 is 5.11 Å². The van der Waals surface area contributed by atoms with Gasteiger partial charge in [0.25, 0.3) is 0 Å². The van der Waals surface area contributed by atoms with Crippen molar-refractivity contribution >= 4 is 41.7 Å². The zero-order chi connectivity index (χ0) is 18.7. The van der Waals surface area contributed by atoms with E-state index in [-0.39, 0.29) is 29.4 Å². The fraction of sp³-hybridized carbons (Fsp3) is 0.200. The molecule has 0 amide bonds. The molecule has 0 bridgehead atoms. The van der Waals surface area contributed by atoms with Crippen LogP contribution in [0, 0.1) is 0 Å². The molecule has 2 rings (SSSR count). The number of nitrogens with one attached hydrogen (secondary N) is 1. The van der Waals surface area contributed by atoms with E-state index in [1.165, 1.54) is 12.1 Å². The Morgan fingerprint density at radius 2 is 1.60 bits per heavy atom. The second-order valence-electron chi connectivity index (χ2n) is 5.33. The SMILES string of the molecule is NS(=O)(=O)c1cc(CO)ccc1NS(=O)(=O)CCc1ccc(Br)cc1. The van der Waals surface area contributed by atoms with E-state index in [1.54, 1.807) is 12.1 Å². The summed E-state index contributed by atoms with van der Waals surface area (Å²) >= 11 is 3.30. The van der Waals surface area contributed by atoms with Crippen LogP contribution >= 0.6 is 15.9 Å². The Bertz CT molecular complexity index is 958. The van der Waals surface area contributed by atoms with Crippen LogP contribution in [0.3, 0.4) is 0 Å². The Morgan fingerprint density at radius 1 is 1.00 bits per heavy atom. The van der Waals surface area contributed by atoms with Crippen LogP contribution in [0.2, 0.25) is 0 Å². The molecule has 0 unspecified atom stereocenters. The monoisotopic (exact) mass is 448 g/mol. The molecule has 25 heavy (non-hydrogen) atoms. The number of nitrogens with two attached hydrogens (primary N) is 1. The third kappa shape index (κ3) is 5.79. The molecule has 0 heterocycles. The van der Waals surface area contributed by atoms with Crippen molar-refractivity contribution in [1.82, 2.24) is 0 Å². The van der Waals surface area contributed by atoms with Gasteiger partial charge >= 0.3 is 0 Å². The third-order valence-corrected chi connectivity index (χ3v) is 6.13. The molecule has 0 saturated heterocycles. The third-order valence-electron chi connectivity index (χ3n) is 3.37. The molecule has 0 fully saturated rings. The van der Waals surface area contributed by atoms with Gasteiger partial charge in [-0.1, -0.05) is 34.1 Å². The summed E-state index contributed by atoms with van der Waals surface area (Å²) in [6.07, 6.45) is 0.266. The molecule has 0 radical (unpaired) electrons. The largest absolute Gasteiger partial charge is 0.392 e. The molecular weight excluding hydrogens is 432 g/mol. The van der Waals surface area contributed by atoms with Crippen molar-refractivity contribution < 1.29 is 21.9 Å². The lowest BCUT2D eigenvalue weighted by Crippen LogP contribution is -2.21. The molecule has 0 aliphatic rings. The van der Waals surface area contributed by atoms with Crippen molar-refractivity contribution in [3.8, 4) is 0 Å². The zero-order valence-corrected chi connectivity index (χ0v) is 16.2. The second-order valence-corrected chi connectivity index (χ2v) is 9.62. The lowest BCUT2D eigenvalue weighted by atomic mass is 10.2. The number of aliphatic hydroxyl groups excluding tert-OH is 1. The van der Waals surface area contributed by atoms with E-state index in [2.05, 4.69) is 20.7 Å². The molecule has 0 aliphatic heterocycles. The molecule has 0 saturated carbocycles. The topological polar surface area (TPSA) is 127 Å². The van der Waals surface area contributed by atoms with Crippen LogP contribution in [0.25, 0.3) is 0 Å². The van der Waals surface area contributed by atoms with Crippen molar-refractivity contribution in [2.24, 2.45) is 5.14 Å². The van der Waals surface area contributed by atoms with E-state index in [0.717, 1.165) is 16.1 Å². The highest BCUT2D eigenvalue weighted by Crippen LogP contribution is 2.23. The number of aryl methyl sites for hydroxylation is 1. The standard InChI is InChI=1S/C15H17BrN2O5S2/c16-13-4-1-11(2-5-13)7-8-24(20,21)18-14-6-3-12(10-19)9-15(14)25(17,22)23/h1-6,9,18-19H,7-8,10H2,(H2,17,22,23). The maximum Gasteiger partial charge on any atom is 0.240 e. The molecular formula is C15H17BrN2O5S2. The van der Waals surface area contributed by atoms with Crippen LogP contribution in [0.1, 0.15) is 11.1 Å². The first-order valence-corrected chi connectivity index (χ1v) is 11.1. The Morgan fingerprint density at radius 3 is 2.16 bits per heavy atom. The Balaban J connectivity index is 2.21. The first-order chi connectivity index (χ1) is 11.6. The van der Waals surface area contributed by atoms with Gasteiger partial charge in [0.2, 0.25) is 20.0 Å². The molecule has 0 spiro atoms. The van der Waals surface area contributed by atoms with E-state index in [4.69, 9.17) is 10.2 Å². The highest BCUT2D eigenvalue weighted by atomic mass is 79.9. The molecule has 0 atom stereocenters. The molecule has 4 N–H and O–H groups in total. The van der Waals surface area contributed by atoms with Gasteiger partial charge in [0.1, 0.15) is 4.90 Å². The molecule has 0 aliphatic carbocycles. The van der Waals surface area contributed by atoms with E-state index < -0.39 is 20.0 Å². The minimum atomic E-state index is -4.15. The summed E-state index contributed by atoms with van der Waals surface area (Å²) in [5.41, 5.74) is 0.994. The van der Waals surface area contributed by atoms with Gasteiger partial charge in [-0.2, -0.15) is 0 Å². The van der Waals surface area contributed by atoms with Gasteiger partial charge in [-0.05, 0) is 41.8 Å². The van der Waals surface area contributed by atoms with E-state index in [9.17, 15) is 16.8 Å². The molecule has 2 aromatic carbocycles. The number of halogens is 1. The summed E-state index contributed by atoms with van der Waals surface area (Å²) in [6, 6.07) is 11.0. The van der Waals surface area contributed by atoms with Gasteiger partial charge in [0.15, 0.2) is 0 Å². The number of benzene rings is 2. The van der Waals surface area contributed by atoms with Gasteiger partial charge in [0, 0.05) is 4.47 Å². The summed E-state index contributed by atoms with van der Waals surface area (Å²) in [5, 5.41) is 14.2. The maximum absolute atomic E-state index is 12.3. The molecule has 10 heteroatoms. The van der Waals surface area contributed by atoms with Gasteiger partial charge in [-0.3, -0.25) is 4.72 Å². The number of rotatable bonds is 7. The van der Waals surface area contributed by atoms with Gasteiger partial charge in [-0.15, -0.1) is 0 Å². The first kappa shape index (κ1) is 19.9. The predicted molar refractivity (Wildman–Crippen MR) is 99.0 cm³/mol. The van der Waals surface area contributed by atoms with Crippen molar-refractivity contribution in [1.29, 1.82) is 0 Å². The van der Waals surface area contributed by atoms with Gasteiger partial charge in [-0.25, -0.2) is 22.0 Å². The van der Waals surface area contributed by atoms with Crippen molar-refractivity contribution in [3.63, 3.8) is 0 Å². The number of anilines is 1. The van der Waals surface area contributed by atoms with Crippen LogP contribution in [-0.4, -0.2) is 27.7 Å². The molecule has 0 aromatic heterocycles. The normalized spacial score (nSPS) is 12.1. The van der Waals surface area contributed by atoms with Crippen LogP contribution in [0.5, 0.6) is 0 Å². The lowest BCUT2D eigenvalue weighted by Gasteiger charge is -2.12. The summed E-state index contributed by atoms with van der Waals surface area (Å²) in [6.45, 7) is -0.390. The van der Waals surface area contributed by atoms with Crippen LogP contribution in [0.15, 0.2) is 51.8 Å². The average Bonchev–Trinajstić information content (AvgIpc) is 2.53. The summed E-state index contributed by atoms with van der Waals surface area (Å²) < 4.78 is 51.0. The minimum Gasteiger partial charge on any atom is -0.392 e. The lowest BCUT2D eigenvalue weighted by molar-refractivity contribution is 0.281. The summed E-state index contributed by atoms with van der Waals surface area (Å²) in [7, 11) is -7.94. The Kier molecular flexibility index (Phi) is 6.22. The van der Waals surface area contributed by atoms with Crippen molar-refractivity contribution in [2.45, 2.75) is 17.9 Å². The van der Waals surface area contributed by atoms with Crippen molar-refractivity contribution in [2.75, 3.05) is 10.5 Å². The number of primary sulfonamides is 1. The summed E-state index contributed by atoms with van der Waals surface area (Å²) in [4.78, 5) is -0.383. The van der Waals surface area contributed by atoms with E-state index in [0.29, 0.717) is 5.56 Å². The summed E-state index contributed by atoms with van der Waals surface area (Å²) in [5.74, 6) is -0.222. The quantitative estimate of drug-likeness (QED) is 0.592.